The lowest BCUT2D eigenvalue weighted by atomic mass is 10.2. The molecule has 0 saturated heterocycles. The first-order valence-corrected chi connectivity index (χ1v) is 5.02. The van der Waals surface area contributed by atoms with Crippen molar-refractivity contribution in [1.29, 1.82) is 5.26 Å². The number of nitrogens with zero attached hydrogens (tertiary/aromatic N) is 1. The molecule has 0 radical (unpaired) electrons. The molecule has 4 nitrogen and oxygen atoms in total. The fraction of sp³-hybridized carbons (Fsp3) is 0.125. The van der Waals surface area contributed by atoms with Gasteiger partial charge in [0.25, 0.3) is 10.0 Å². The van der Waals surface area contributed by atoms with Gasteiger partial charge in [0, 0.05) is 0 Å². The van der Waals surface area contributed by atoms with Crippen molar-refractivity contribution in [3.05, 3.63) is 29.8 Å². The fourth-order valence-electron chi connectivity index (χ4n) is 0.902. The largest absolute Gasteiger partial charge is 0.270 e. The maximum absolute atomic E-state index is 11.3. The Kier molecular flexibility index (Phi) is 2.54. The van der Waals surface area contributed by atoms with Crippen LogP contribution in [-0.4, -0.2) is 8.42 Å². The Balaban J connectivity index is 3.17. The Morgan fingerprint density at radius 1 is 1.46 bits per heavy atom. The van der Waals surface area contributed by atoms with Crippen LogP contribution in [0.4, 0.5) is 0 Å². The molecule has 0 fully saturated rings. The van der Waals surface area contributed by atoms with E-state index in [9.17, 15) is 8.42 Å². The second kappa shape index (κ2) is 3.46. The van der Waals surface area contributed by atoms with Gasteiger partial charge in [-0.3, -0.25) is 0 Å². The molecule has 0 atom stereocenters. The molecule has 0 aliphatic carbocycles. The molecular weight excluding hydrogens is 188 g/mol. The molecule has 0 aliphatic heterocycles. The Morgan fingerprint density at radius 3 is 2.69 bits per heavy atom. The van der Waals surface area contributed by atoms with Crippen molar-refractivity contribution in [2.45, 2.75) is 11.8 Å². The molecule has 1 rings (SSSR count). The summed E-state index contributed by atoms with van der Waals surface area (Å²) in [6.45, 7) is 1.78. The van der Waals surface area contributed by atoms with Gasteiger partial charge in [-0.1, -0.05) is 12.1 Å². The molecule has 0 aromatic heterocycles. The van der Waals surface area contributed by atoms with E-state index < -0.39 is 10.0 Å². The Morgan fingerprint density at radius 2 is 2.15 bits per heavy atom. The molecule has 0 saturated carbocycles. The van der Waals surface area contributed by atoms with Gasteiger partial charge in [0.2, 0.25) is 0 Å². The summed E-state index contributed by atoms with van der Waals surface area (Å²) in [5.74, 6) is 0. The van der Waals surface area contributed by atoms with Crippen molar-refractivity contribution < 1.29 is 8.42 Å². The zero-order chi connectivity index (χ0) is 9.90. The molecule has 0 amide bonds. The lowest BCUT2D eigenvalue weighted by Gasteiger charge is -2.01. The van der Waals surface area contributed by atoms with Crippen LogP contribution >= 0.6 is 0 Å². The SMILES string of the molecule is Cc1cccc(S(=O)(=O)NC#N)c1. The third-order valence-electron chi connectivity index (χ3n) is 1.48. The highest BCUT2D eigenvalue weighted by molar-refractivity contribution is 7.89. The third kappa shape index (κ3) is 2.20. The van der Waals surface area contributed by atoms with Crippen LogP contribution in [0.15, 0.2) is 29.2 Å². The van der Waals surface area contributed by atoms with Crippen molar-refractivity contribution in [1.82, 2.24) is 4.72 Å². The average Bonchev–Trinajstić information content (AvgIpc) is 2.04. The quantitative estimate of drug-likeness (QED) is 0.560. The predicted molar refractivity (Wildman–Crippen MR) is 47.1 cm³/mol. The highest BCUT2D eigenvalue weighted by Gasteiger charge is 2.11. The van der Waals surface area contributed by atoms with Gasteiger partial charge in [-0.15, -0.1) is 0 Å². The number of hydrogen-bond acceptors (Lipinski definition) is 3. The molecular formula is C8H8N2O2S. The minimum absolute atomic E-state index is 0.106. The lowest BCUT2D eigenvalue weighted by molar-refractivity contribution is 0.591. The van der Waals surface area contributed by atoms with Crippen molar-refractivity contribution in [3.63, 3.8) is 0 Å². The van der Waals surface area contributed by atoms with E-state index in [1.165, 1.54) is 18.3 Å². The average molecular weight is 196 g/mol. The van der Waals surface area contributed by atoms with E-state index >= 15 is 0 Å². The van der Waals surface area contributed by atoms with Crippen molar-refractivity contribution in [3.8, 4) is 6.19 Å². The molecule has 1 aromatic carbocycles. The van der Waals surface area contributed by atoms with Gasteiger partial charge in [-0.2, -0.15) is 5.26 Å². The fourth-order valence-corrected chi connectivity index (χ4v) is 1.74. The summed E-state index contributed by atoms with van der Waals surface area (Å²) in [4.78, 5) is 0.106. The number of nitriles is 1. The Labute approximate surface area is 76.9 Å². The second-order valence-electron chi connectivity index (χ2n) is 2.53. The first-order chi connectivity index (χ1) is 6.06. The zero-order valence-corrected chi connectivity index (χ0v) is 7.80. The molecule has 0 bridgehead atoms. The minimum Gasteiger partial charge on any atom is -0.215 e. The lowest BCUT2D eigenvalue weighted by Crippen LogP contribution is -2.17. The van der Waals surface area contributed by atoms with Crippen LogP contribution in [0.25, 0.3) is 0 Å². The standard InChI is InChI=1S/C8H8N2O2S/c1-7-3-2-4-8(5-7)13(11,12)10-6-9/h2-5,10H,1H3. The van der Waals surface area contributed by atoms with Crippen LogP contribution in [0, 0.1) is 18.4 Å². The normalized spacial score (nSPS) is 10.5. The summed E-state index contributed by atoms with van der Waals surface area (Å²) in [5, 5.41) is 8.19. The van der Waals surface area contributed by atoms with Crippen molar-refractivity contribution in [2.75, 3.05) is 0 Å². The van der Waals surface area contributed by atoms with E-state index in [1.54, 1.807) is 23.8 Å². The number of hydrogen-bond donors (Lipinski definition) is 1. The molecule has 1 N–H and O–H groups in total. The van der Waals surface area contributed by atoms with E-state index in [0.717, 1.165) is 5.56 Å². The predicted octanol–water partition coefficient (Wildman–Crippen LogP) is 0.754. The van der Waals surface area contributed by atoms with Crippen molar-refractivity contribution >= 4 is 10.0 Å². The van der Waals surface area contributed by atoms with Gasteiger partial charge in [-0.25, -0.2) is 13.1 Å². The zero-order valence-electron chi connectivity index (χ0n) is 6.98. The van der Waals surface area contributed by atoms with E-state index in [2.05, 4.69) is 0 Å². The monoisotopic (exact) mass is 196 g/mol. The summed E-state index contributed by atoms with van der Waals surface area (Å²) < 4.78 is 24.2. The van der Waals surface area contributed by atoms with Gasteiger partial charge in [0.1, 0.15) is 0 Å². The molecule has 0 unspecified atom stereocenters. The number of benzene rings is 1. The Bertz CT molecular complexity index is 445. The van der Waals surface area contributed by atoms with Crippen LogP contribution in [0.1, 0.15) is 5.56 Å². The third-order valence-corrected chi connectivity index (χ3v) is 2.71. The molecule has 0 heterocycles. The minimum atomic E-state index is -3.64. The van der Waals surface area contributed by atoms with E-state index in [4.69, 9.17) is 5.26 Å². The van der Waals surface area contributed by atoms with Crippen molar-refractivity contribution in [2.24, 2.45) is 0 Å². The van der Waals surface area contributed by atoms with Crippen LogP contribution < -0.4 is 4.72 Å². The maximum Gasteiger partial charge on any atom is 0.270 e. The maximum atomic E-state index is 11.3. The number of sulfonamides is 1. The van der Waals surface area contributed by atoms with Gasteiger partial charge in [-0.05, 0) is 24.6 Å². The first-order valence-electron chi connectivity index (χ1n) is 3.54. The van der Waals surface area contributed by atoms with Crippen LogP contribution in [-0.2, 0) is 10.0 Å². The van der Waals surface area contributed by atoms with Crippen LogP contribution in [0.2, 0.25) is 0 Å². The Hall–Kier alpha value is -1.54. The van der Waals surface area contributed by atoms with E-state index in [1.807, 2.05) is 0 Å². The summed E-state index contributed by atoms with van der Waals surface area (Å²) in [5.41, 5.74) is 0.834. The van der Waals surface area contributed by atoms with Gasteiger partial charge in [0.05, 0.1) is 4.90 Å². The highest BCUT2D eigenvalue weighted by Crippen LogP contribution is 2.09. The molecule has 1 aromatic rings. The summed E-state index contributed by atoms with van der Waals surface area (Å²) in [6, 6.07) is 6.35. The second-order valence-corrected chi connectivity index (χ2v) is 4.22. The highest BCUT2D eigenvalue weighted by atomic mass is 32.2. The molecule has 0 spiro atoms. The van der Waals surface area contributed by atoms with Gasteiger partial charge in [0.15, 0.2) is 6.19 Å². The number of rotatable bonds is 2. The molecule has 5 heteroatoms. The summed E-state index contributed by atoms with van der Waals surface area (Å²) >= 11 is 0. The number of nitrogens with one attached hydrogen (secondary N) is 1. The van der Waals surface area contributed by atoms with E-state index in [0.29, 0.717) is 0 Å². The molecule has 0 aliphatic rings. The van der Waals surface area contributed by atoms with Gasteiger partial charge < -0.3 is 0 Å². The van der Waals surface area contributed by atoms with Crippen LogP contribution in [0.3, 0.4) is 0 Å². The number of aryl methyl sites for hydroxylation is 1. The van der Waals surface area contributed by atoms with Gasteiger partial charge >= 0.3 is 0 Å². The molecule has 13 heavy (non-hydrogen) atoms. The van der Waals surface area contributed by atoms with Crippen LogP contribution in [0.5, 0.6) is 0 Å². The first kappa shape index (κ1) is 9.55. The molecule has 68 valence electrons. The summed E-state index contributed by atoms with van der Waals surface area (Å²) in [7, 11) is -3.64. The smallest absolute Gasteiger partial charge is 0.215 e. The van der Waals surface area contributed by atoms with E-state index in [-0.39, 0.29) is 4.90 Å². The summed E-state index contributed by atoms with van der Waals surface area (Å²) in [6.07, 6.45) is 1.39. The topological polar surface area (TPSA) is 70.0 Å².